The van der Waals surface area contributed by atoms with Crippen molar-refractivity contribution in [3.63, 3.8) is 0 Å². The lowest BCUT2D eigenvalue weighted by molar-refractivity contribution is 0.0279. The molecule has 0 aromatic heterocycles. The van der Waals surface area contributed by atoms with Crippen LogP contribution in [0.3, 0.4) is 0 Å². The molecule has 114 valence electrons. The number of likely N-dealkylation sites (N-methyl/N-ethyl adjacent to an activating group) is 1. The Bertz CT molecular complexity index is 526. The third-order valence-electron chi connectivity index (χ3n) is 5.76. The summed E-state index contributed by atoms with van der Waals surface area (Å²) in [6.45, 7) is 2.39. The molecule has 2 saturated carbocycles. The number of fused-ring (bicyclic) bond motifs is 1. The Morgan fingerprint density at radius 3 is 2.48 bits per heavy atom. The fourth-order valence-corrected chi connectivity index (χ4v) is 5.01. The van der Waals surface area contributed by atoms with Gasteiger partial charge in [-0.05, 0) is 55.8 Å². The van der Waals surface area contributed by atoms with Crippen LogP contribution < -0.4 is 14.8 Å². The molecule has 1 spiro atoms. The molecule has 4 rings (SSSR count). The molecule has 1 aliphatic heterocycles. The topological polar surface area (TPSA) is 30.5 Å². The van der Waals surface area contributed by atoms with Crippen molar-refractivity contribution in [2.75, 3.05) is 26.8 Å². The molecule has 2 aliphatic carbocycles. The largest absolute Gasteiger partial charge is 0.486 e. The monoisotopic (exact) mass is 287 g/mol. The van der Waals surface area contributed by atoms with E-state index in [1.165, 1.54) is 44.1 Å². The van der Waals surface area contributed by atoms with Gasteiger partial charge in [0.2, 0.25) is 0 Å². The highest BCUT2D eigenvalue weighted by Crippen LogP contribution is 2.63. The van der Waals surface area contributed by atoms with Gasteiger partial charge in [0, 0.05) is 12.0 Å². The van der Waals surface area contributed by atoms with Crippen molar-refractivity contribution in [1.82, 2.24) is 5.32 Å². The van der Waals surface area contributed by atoms with Crippen LogP contribution in [0.15, 0.2) is 18.2 Å². The molecule has 0 unspecified atom stereocenters. The van der Waals surface area contributed by atoms with Crippen LogP contribution in [-0.4, -0.2) is 26.8 Å². The average Bonchev–Trinajstić information content (AvgIpc) is 2.95. The molecular formula is C18H25NO2. The SMILES string of the molecule is CNCC1(c2ccc3c(c2)OCCO3)CC2(CCCC2)C1. The molecule has 0 amide bonds. The minimum atomic E-state index is 0.301. The minimum absolute atomic E-state index is 0.301. The lowest BCUT2D eigenvalue weighted by atomic mass is 9.49. The molecule has 0 bridgehead atoms. The molecule has 3 nitrogen and oxygen atoms in total. The van der Waals surface area contributed by atoms with Crippen molar-refractivity contribution >= 4 is 0 Å². The van der Waals surface area contributed by atoms with Crippen LogP contribution >= 0.6 is 0 Å². The summed E-state index contributed by atoms with van der Waals surface area (Å²) in [5.74, 6) is 1.83. The van der Waals surface area contributed by atoms with E-state index in [1.54, 1.807) is 0 Å². The number of rotatable bonds is 3. The van der Waals surface area contributed by atoms with E-state index in [0.717, 1.165) is 18.0 Å². The first-order valence-corrected chi connectivity index (χ1v) is 8.30. The van der Waals surface area contributed by atoms with E-state index in [2.05, 4.69) is 30.6 Å². The van der Waals surface area contributed by atoms with Crippen LogP contribution in [0.25, 0.3) is 0 Å². The van der Waals surface area contributed by atoms with Gasteiger partial charge in [0.05, 0.1) is 0 Å². The number of hydrogen-bond donors (Lipinski definition) is 1. The molecule has 1 aromatic carbocycles. The van der Waals surface area contributed by atoms with Crippen LogP contribution in [0, 0.1) is 5.41 Å². The summed E-state index contributed by atoms with van der Waals surface area (Å²) >= 11 is 0. The van der Waals surface area contributed by atoms with Gasteiger partial charge < -0.3 is 14.8 Å². The van der Waals surface area contributed by atoms with E-state index in [4.69, 9.17) is 9.47 Å². The van der Waals surface area contributed by atoms with Crippen LogP contribution in [-0.2, 0) is 5.41 Å². The molecule has 0 atom stereocenters. The zero-order valence-electron chi connectivity index (χ0n) is 12.9. The maximum Gasteiger partial charge on any atom is 0.161 e. The van der Waals surface area contributed by atoms with E-state index in [-0.39, 0.29) is 0 Å². The molecule has 2 fully saturated rings. The van der Waals surface area contributed by atoms with Crippen LogP contribution in [0.2, 0.25) is 0 Å². The summed E-state index contributed by atoms with van der Waals surface area (Å²) < 4.78 is 11.4. The van der Waals surface area contributed by atoms with Gasteiger partial charge in [0.25, 0.3) is 0 Å². The zero-order chi connectivity index (χ0) is 14.3. The normalized spacial score (nSPS) is 24.8. The van der Waals surface area contributed by atoms with Gasteiger partial charge in [-0.25, -0.2) is 0 Å². The van der Waals surface area contributed by atoms with Crippen molar-refractivity contribution in [3.05, 3.63) is 23.8 Å². The molecule has 3 heteroatoms. The highest BCUT2D eigenvalue weighted by Gasteiger charge is 2.55. The van der Waals surface area contributed by atoms with Crippen molar-refractivity contribution in [1.29, 1.82) is 0 Å². The summed E-state index contributed by atoms with van der Waals surface area (Å²) in [7, 11) is 2.07. The minimum Gasteiger partial charge on any atom is -0.486 e. The average molecular weight is 287 g/mol. The second-order valence-corrected chi connectivity index (χ2v) is 7.23. The molecule has 3 aliphatic rings. The Morgan fingerprint density at radius 1 is 1.05 bits per heavy atom. The van der Waals surface area contributed by atoms with E-state index >= 15 is 0 Å². The Morgan fingerprint density at radius 2 is 1.76 bits per heavy atom. The number of ether oxygens (including phenoxy) is 2. The second-order valence-electron chi connectivity index (χ2n) is 7.23. The first kappa shape index (κ1) is 13.4. The summed E-state index contributed by atoms with van der Waals surface area (Å²) in [5, 5.41) is 3.42. The van der Waals surface area contributed by atoms with Crippen LogP contribution in [0.5, 0.6) is 11.5 Å². The Kier molecular flexibility index (Phi) is 3.14. The highest BCUT2D eigenvalue weighted by molar-refractivity contribution is 5.47. The molecule has 21 heavy (non-hydrogen) atoms. The van der Waals surface area contributed by atoms with Gasteiger partial charge in [-0.1, -0.05) is 18.9 Å². The summed E-state index contributed by atoms with van der Waals surface area (Å²) in [6, 6.07) is 6.58. The van der Waals surface area contributed by atoms with E-state index in [0.29, 0.717) is 24.0 Å². The Labute approximate surface area is 127 Å². The summed E-state index contributed by atoms with van der Waals surface area (Å²) in [5.41, 5.74) is 2.37. The van der Waals surface area contributed by atoms with Gasteiger partial charge in [-0.3, -0.25) is 0 Å². The molecule has 1 N–H and O–H groups in total. The van der Waals surface area contributed by atoms with Crippen molar-refractivity contribution in [2.45, 2.75) is 43.9 Å². The maximum atomic E-state index is 5.78. The molecule has 1 aromatic rings. The fraction of sp³-hybridized carbons (Fsp3) is 0.667. The summed E-state index contributed by atoms with van der Waals surface area (Å²) in [4.78, 5) is 0. The van der Waals surface area contributed by atoms with E-state index in [1.807, 2.05) is 0 Å². The number of hydrogen-bond acceptors (Lipinski definition) is 3. The third-order valence-corrected chi connectivity index (χ3v) is 5.76. The zero-order valence-corrected chi connectivity index (χ0v) is 12.9. The predicted molar refractivity (Wildman–Crippen MR) is 83.2 cm³/mol. The smallest absolute Gasteiger partial charge is 0.161 e. The maximum absolute atomic E-state index is 5.78. The molecule has 0 radical (unpaired) electrons. The Hall–Kier alpha value is -1.22. The van der Waals surface area contributed by atoms with Crippen LogP contribution in [0.1, 0.15) is 44.1 Å². The van der Waals surface area contributed by atoms with Crippen LogP contribution in [0.4, 0.5) is 0 Å². The highest BCUT2D eigenvalue weighted by atomic mass is 16.6. The molecular weight excluding hydrogens is 262 g/mol. The van der Waals surface area contributed by atoms with Gasteiger partial charge >= 0.3 is 0 Å². The molecule has 0 saturated heterocycles. The second kappa shape index (κ2) is 4.91. The first-order chi connectivity index (χ1) is 10.3. The first-order valence-electron chi connectivity index (χ1n) is 8.30. The number of nitrogens with one attached hydrogen (secondary N) is 1. The number of benzene rings is 1. The van der Waals surface area contributed by atoms with E-state index < -0.39 is 0 Å². The Balaban J connectivity index is 1.63. The fourth-order valence-electron chi connectivity index (χ4n) is 5.01. The predicted octanol–water partition coefficient (Wildman–Crippen LogP) is 3.27. The van der Waals surface area contributed by atoms with Gasteiger partial charge in [0.15, 0.2) is 11.5 Å². The van der Waals surface area contributed by atoms with E-state index in [9.17, 15) is 0 Å². The van der Waals surface area contributed by atoms with Crippen molar-refractivity contribution in [3.8, 4) is 11.5 Å². The van der Waals surface area contributed by atoms with Gasteiger partial charge in [0.1, 0.15) is 13.2 Å². The summed E-state index contributed by atoms with van der Waals surface area (Å²) in [6.07, 6.45) is 8.39. The quantitative estimate of drug-likeness (QED) is 0.925. The lowest BCUT2D eigenvalue weighted by Crippen LogP contribution is -2.53. The molecule has 1 heterocycles. The van der Waals surface area contributed by atoms with Gasteiger partial charge in [-0.2, -0.15) is 0 Å². The van der Waals surface area contributed by atoms with Gasteiger partial charge in [-0.15, -0.1) is 0 Å². The lowest BCUT2D eigenvalue weighted by Gasteiger charge is -2.56. The van der Waals surface area contributed by atoms with Crippen molar-refractivity contribution < 1.29 is 9.47 Å². The standard InChI is InChI=1S/C18H25NO2/c1-19-13-18(11-17(12-18)6-2-3-7-17)14-4-5-15-16(10-14)21-9-8-20-15/h4-5,10,19H,2-3,6-9,11-13H2,1H3. The third kappa shape index (κ3) is 2.13. The van der Waals surface area contributed by atoms with Crippen molar-refractivity contribution in [2.24, 2.45) is 5.41 Å².